The van der Waals surface area contributed by atoms with E-state index in [-0.39, 0.29) is 5.54 Å². The van der Waals surface area contributed by atoms with Crippen LogP contribution in [0.1, 0.15) is 42.4 Å². The molecule has 2 fully saturated rings. The molecule has 2 aliphatic rings. The Morgan fingerprint density at radius 1 is 1.35 bits per heavy atom. The molecule has 0 aromatic heterocycles. The van der Waals surface area contributed by atoms with Crippen LogP contribution in [0.3, 0.4) is 0 Å². The molecule has 0 saturated carbocycles. The van der Waals surface area contributed by atoms with Crippen molar-refractivity contribution in [3.8, 4) is 5.75 Å². The minimum atomic E-state index is 0.230. The number of nitrogens with two attached hydrogens (primary N) is 1. The number of nitrogens with one attached hydrogen (secondary N) is 1. The van der Waals surface area contributed by atoms with E-state index in [1.807, 2.05) is 0 Å². The summed E-state index contributed by atoms with van der Waals surface area (Å²) in [6, 6.07) is 5.33. The van der Waals surface area contributed by atoms with Gasteiger partial charge in [-0.2, -0.15) is 0 Å². The maximum absolute atomic E-state index is 6.25. The Kier molecular flexibility index (Phi) is 3.51. The first kappa shape index (κ1) is 13.9. The smallest absolute Gasteiger partial charge is 0.122 e. The van der Waals surface area contributed by atoms with Gasteiger partial charge >= 0.3 is 0 Å². The summed E-state index contributed by atoms with van der Waals surface area (Å²) in [6.07, 6.45) is 5.88. The molecule has 1 aromatic carbocycles. The van der Waals surface area contributed by atoms with Gasteiger partial charge in [-0.05, 0) is 68.7 Å². The zero-order chi connectivity index (χ0) is 14.3. The van der Waals surface area contributed by atoms with Crippen molar-refractivity contribution < 1.29 is 4.74 Å². The van der Waals surface area contributed by atoms with E-state index in [1.54, 1.807) is 7.11 Å². The van der Waals surface area contributed by atoms with Crippen LogP contribution in [-0.4, -0.2) is 24.7 Å². The number of ether oxygens (including phenoxy) is 1. The third-order valence-electron chi connectivity index (χ3n) is 5.32. The maximum atomic E-state index is 6.25. The molecular formula is C17H26N2O. The van der Waals surface area contributed by atoms with E-state index in [4.69, 9.17) is 10.5 Å². The largest absolute Gasteiger partial charge is 0.496 e. The molecule has 3 N–H and O–H groups in total. The summed E-state index contributed by atoms with van der Waals surface area (Å²) in [7, 11) is 1.74. The lowest BCUT2D eigenvalue weighted by Gasteiger charge is -2.38. The van der Waals surface area contributed by atoms with Gasteiger partial charge in [-0.3, -0.25) is 0 Å². The second-order valence-electron chi connectivity index (χ2n) is 6.71. The van der Waals surface area contributed by atoms with Crippen molar-refractivity contribution in [2.45, 2.75) is 63.6 Å². The Morgan fingerprint density at radius 2 is 2.15 bits per heavy atom. The molecule has 2 bridgehead atoms. The number of hydrogen-bond donors (Lipinski definition) is 2. The monoisotopic (exact) mass is 274 g/mol. The molecule has 20 heavy (non-hydrogen) atoms. The van der Waals surface area contributed by atoms with Gasteiger partial charge in [0, 0.05) is 17.6 Å². The Labute approximate surface area is 121 Å². The number of methoxy groups -OCH3 is 1. The lowest BCUT2D eigenvalue weighted by atomic mass is 9.81. The molecule has 0 radical (unpaired) electrons. The molecule has 110 valence electrons. The van der Waals surface area contributed by atoms with E-state index in [9.17, 15) is 0 Å². The average Bonchev–Trinajstić information content (AvgIpc) is 2.71. The van der Waals surface area contributed by atoms with Crippen molar-refractivity contribution in [3.63, 3.8) is 0 Å². The van der Waals surface area contributed by atoms with Gasteiger partial charge in [0.2, 0.25) is 0 Å². The van der Waals surface area contributed by atoms with Crippen LogP contribution < -0.4 is 15.8 Å². The zero-order valence-electron chi connectivity index (χ0n) is 12.8. The van der Waals surface area contributed by atoms with Crippen LogP contribution in [0.4, 0.5) is 0 Å². The summed E-state index contributed by atoms with van der Waals surface area (Å²) >= 11 is 0. The Balaban J connectivity index is 1.86. The van der Waals surface area contributed by atoms with E-state index in [1.165, 1.54) is 29.5 Å². The second-order valence-corrected chi connectivity index (χ2v) is 6.71. The first-order valence-corrected chi connectivity index (χ1v) is 7.69. The van der Waals surface area contributed by atoms with Crippen molar-refractivity contribution in [2.24, 2.45) is 5.73 Å². The van der Waals surface area contributed by atoms with Gasteiger partial charge in [0.05, 0.1) is 7.11 Å². The predicted octanol–water partition coefficient (Wildman–Crippen LogP) is 2.47. The highest BCUT2D eigenvalue weighted by Crippen LogP contribution is 2.38. The molecule has 0 amide bonds. The predicted molar refractivity (Wildman–Crippen MR) is 82.3 cm³/mol. The van der Waals surface area contributed by atoms with Gasteiger partial charge in [0.25, 0.3) is 0 Å². The van der Waals surface area contributed by atoms with Gasteiger partial charge < -0.3 is 15.8 Å². The van der Waals surface area contributed by atoms with Crippen LogP contribution in [0, 0.1) is 13.8 Å². The van der Waals surface area contributed by atoms with Crippen LogP contribution in [0.15, 0.2) is 12.1 Å². The Bertz CT molecular complexity index is 514. The van der Waals surface area contributed by atoms with Crippen LogP contribution in [-0.2, 0) is 6.42 Å². The molecule has 3 rings (SSSR count). The number of benzene rings is 1. The van der Waals surface area contributed by atoms with E-state index in [0.29, 0.717) is 12.1 Å². The van der Waals surface area contributed by atoms with Crippen molar-refractivity contribution >= 4 is 0 Å². The quantitative estimate of drug-likeness (QED) is 0.890. The van der Waals surface area contributed by atoms with E-state index in [0.717, 1.165) is 25.0 Å². The average molecular weight is 274 g/mol. The normalized spacial score (nSPS) is 32.4. The lowest BCUT2D eigenvalue weighted by molar-refractivity contribution is 0.249. The van der Waals surface area contributed by atoms with Gasteiger partial charge in [-0.15, -0.1) is 0 Å². The van der Waals surface area contributed by atoms with Crippen LogP contribution in [0.2, 0.25) is 0 Å². The zero-order valence-corrected chi connectivity index (χ0v) is 12.8. The molecule has 2 heterocycles. The van der Waals surface area contributed by atoms with Gasteiger partial charge in [-0.25, -0.2) is 0 Å². The molecule has 2 saturated heterocycles. The summed E-state index contributed by atoms with van der Waals surface area (Å²) in [5.41, 5.74) is 10.5. The van der Waals surface area contributed by atoms with Crippen LogP contribution in [0.5, 0.6) is 5.75 Å². The third kappa shape index (κ3) is 2.33. The number of rotatable bonds is 3. The van der Waals surface area contributed by atoms with Crippen molar-refractivity contribution in [1.82, 2.24) is 5.32 Å². The van der Waals surface area contributed by atoms with Crippen molar-refractivity contribution in [3.05, 3.63) is 28.8 Å². The second kappa shape index (κ2) is 5.05. The minimum Gasteiger partial charge on any atom is -0.496 e. The fourth-order valence-corrected chi connectivity index (χ4v) is 4.16. The SMILES string of the molecule is COc1ccc(C[C@@]23CCC(CC(N)C2)N3)c(C)c1C. The first-order chi connectivity index (χ1) is 9.53. The Hall–Kier alpha value is -1.06. The number of fused-ring (bicyclic) bond motifs is 2. The van der Waals surface area contributed by atoms with E-state index >= 15 is 0 Å². The van der Waals surface area contributed by atoms with Gasteiger partial charge in [0.15, 0.2) is 0 Å². The molecular weight excluding hydrogens is 248 g/mol. The first-order valence-electron chi connectivity index (χ1n) is 7.69. The highest BCUT2D eigenvalue weighted by Gasteiger charge is 2.44. The summed E-state index contributed by atoms with van der Waals surface area (Å²) < 4.78 is 5.41. The van der Waals surface area contributed by atoms with E-state index < -0.39 is 0 Å². The molecule has 2 unspecified atom stereocenters. The fraction of sp³-hybridized carbons (Fsp3) is 0.647. The third-order valence-corrected chi connectivity index (χ3v) is 5.32. The maximum Gasteiger partial charge on any atom is 0.122 e. The van der Waals surface area contributed by atoms with Crippen molar-refractivity contribution in [2.75, 3.05) is 7.11 Å². The van der Waals surface area contributed by atoms with Crippen LogP contribution in [0.25, 0.3) is 0 Å². The standard InChI is InChI=1S/C17H26N2O/c1-11-12(2)16(20-3)5-4-13(11)9-17-7-6-15(19-17)8-14(18)10-17/h4-5,14-15,19H,6-10,18H2,1-3H3/t14?,15?,17-/m0/s1. The number of piperidine rings is 1. The van der Waals surface area contributed by atoms with Crippen LogP contribution >= 0.6 is 0 Å². The molecule has 2 aliphatic heterocycles. The molecule has 3 heteroatoms. The molecule has 0 spiro atoms. The Morgan fingerprint density at radius 3 is 2.90 bits per heavy atom. The molecule has 3 atom stereocenters. The molecule has 0 aliphatic carbocycles. The summed E-state index contributed by atoms with van der Waals surface area (Å²) in [6.45, 7) is 4.35. The summed E-state index contributed by atoms with van der Waals surface area (Å²) in [4.78, 5) is 0. The summed E-state index contributed by atoms with van der Waals surface area (Å²) in [5.74, 6) is 0.987. The molecule has 1 aromatic rings. The summed E-state index contributed by atoms with van der Waals surface area (Å²) in [5, 5.41) is 3.85. The van der Waals surface area contributed by atoms with Crippen molar-refractivity contribution in [1.29, 1.82) is 0 Å². The molecule has 3 nitrogen and oxygen atoms in total. The number of hydrogen-bond acceptors (Lipinski definition) is 3. The lowest BCUT2D eigenvalue weighted by Crippen LogP contribution is -2.54. The highest BCUT2D eigenvalue weighted by molar-refractivity contribution is 5.44. The van der Waals surface area contributed by atoms with E-state index in [2.05, 4.69) is 31.3 Å². The fourth-order valence-electron chi connectivity index (χ4n) is 4.16. The topological polar surface area (TPSA) is 47.3 Å². The van der Waals surface area contributed by atoms with Gasteiger partial charge in [0.1, 0.15) is 5.75 Å². The van der Waals surface area contributed by atoms with Gasteiger partial charge in [-0.1, -0.05) is 6.07 Å². The minimum absolute atomic E-state index is 0.230. The highest BCUT2D eigenvalue weighted by atomic mass is 16.5.